The fourth-order valence-electron chi connectivity index (χ4n) is 1.89. The molecule has 6 nitrogen and oxygen atoms in total. The average Bonchev–Trinajstić information content (AvgIpc) is 3.18. The van der Waals surface area contributed by atoms with E-state index in [0.717, 1.165) is 24.2 Å². The normalized spacial score (nSPS) is 14.5. The molecule has 0 atom stereocenters. The minimum Gasteiger partial charge on any atom is -0.353 e. The van der Waals surface area contributed by atoms with Gasteiger partial charge < -0.3 is 5.32 Å². The molecule has 1 saturated carbocycles. The predicted molar refractivity (Wildman–Crippen MR) is 89.2 cm³/mol. The molecule has 2 N–H and O–H groups in total. The lowest BCUT2D eigenvalue weighted by atomic mass is 10.3. The fraction of sp³-hybridized carbons (Fsp3) is 0.286. The van der Waals surface area contributed by atoms with Crippen LogP contribution >= 0.6 is 22.9 Å². The van der Waals surface area contributed by atoms with Crippen molar-refractivity contribution in [2.24, 2.45) is 0 Å². The number of nitrogens with zero attached hydrogens (tertiary/aromatic N) is 1. The lowest BCUT2D eigenvalue weighted by Crippen LogP contribution is -2.27. The Bertz CT molecular complexity index is 814. The Morgan fingerprint density at radius 3 is 2.65 bits per heavy atom. The van der Waals surface area contributed by atoms with Gasteiger partial charge in [0.25, 0.3) is 10.0 Å². The summed E-state index contributed by atoms with van der Waals surface area (Å²) in [6.45, 7) is 0. The lowest BCUT2D eigenvalue weighted by molar-refractivity contribution is -0.120. The number of halogens is 1. The second-order valence-electron chi connectivity index (χ2n) is 5.22. The van der Waals surface area contributed by atoms with Crippen molar-refractivity contribution in [1.29, 1.82) is 0 Å². The molecule has 0 radical (unpaired) electrons. The number of benzene rings is 1. The summed E-state index contributed by atoms with van der Waals surface area (Å²) >= 11 is 6.89. The second-order valence-corrected chi connectivity index (χ2v) is 8.20. The Kier molecular flexibility index (Phi) is 4.56. The first kappa shape index (κ1) is 16.2. The molecular weight excluding hydrogens is 358 g/mol. The molecule has 122 valence electrons. The van der Waals surface area contributed by atoms with Gasteiger partial charge in [0.15, 0.2) is 5.13 Å². The van der Waals surface area contributed by atoms with Crippen molar-refractivity contribution < 1.29 is 13.2 Å². The van der Waals surface area contributed by atoms with E-state index < -0.39 is 10.0 Å². The third kappa shape index (κ3) is 4.43. The van der Waals surface area contributed by atoms with Crippen LogP contribution in [-0.4, -0.2) is 25.4 Å². The van der Waals surface area contributed by atoms with Gasteiger partial charge in [-0.05, 0) is 37.1 Å². The first-order chi connectivity index (χ1) is 10.9. The van der Waals surface area contributed by atoms with Gasteiger partial charge in [0, 0.05) is 16.4 Å². The topological polar surface area (TPSA) is 88.2 Å². The number of carbonyl (C=O) groups is 1. The lowest BCUT2D eigenvalue weighted by Gasteiger charge is -2.05. The van der Waals surface area contributed by atoms with E-state index in [2.05, 4.69) is 15.0 Å². The summed E-state index contributed by atoms with van der Waals surface area (Å²) in [5, 5.41) is 5.23. The van der Waals surface area contributed by atoms with Gasteiger partial charge in [0.1, 0.15) is 0 Å². The highest BCUT2D eigenvalue weighted by molar-refractivity contribution is 7.93. The van der Waals surface area contributed by atoms with E-state index in [1.54, 1.807) is 5.38 Å². The summed E-state index contributed by atoms with van der Waals surface area (Å²) in [5.74, 6) is -0.0927. The largest absolute Gasteiger partial charge is 0.353 e. The molecule has 1 heterocycles. The predicted octanol–water partition coefficient (Wildman–Crippen LogP) is 2.42. The van der Waals surface area contributed by atoms with E-state index in [1.807, 2.05) is 0 Å². The van der Waals surface area contributed by atoms with Crippen LogP contribution in [0.25, 0.3) is 0 Å². The van der Waals surface area contributed by atoms with E-state index in [1.165, 1.54) is 24.3 Å². The van der Waals surface area contributed by atoms with Crippen molar-refractivity contribution in [2.75, 3.05) is 4.72 Å². The van der Waals surface area contributed by atoms with Crippen molar-refractivity contribution in [3.05, 3.63) is 40.4 Å². The maximum atomic E-state index is 12.2. The zero-order chi connectivity index (χ0) is 16.4. The molecule has 0 unspecified atom stereocenters. The van der Waals surface area contributed by atoms with Gasteiger partial charge in [0.05, 0.1) is 17.0 Å². The summed E-state index contributed by atoms with van der Waals surface area (Å²) in [6, 6.07) is 6.14. The van der Waals surface area contributed by atoms with Crippen LogP contribution in [0.1, 0.15) is 18.5 Å². The number of hydrogen-bond acceptors (Lipinski definition) is 5. The Morgan fingerprint density at radius 2 is 2.00 bits per heavy atom. The molecule has 1 aliphatic rings. The van der Waals surface area contributed by atoms with Crippen LogP contribution in [0.2, 0.25) is 5.02 Å². The maximum Gasteiger partial charge on any atom is 0.263 e. The number of anilines is 1. The van der Waals surface area contributed by atoms with Crippen molar-refractivity contribution in [3.63, 3.8) is 0 Å². The number of amides is 1. The SMILES string of the molecule is O=C(Cc1csc(NS(=O)(=O)c2ccc(Cl)cc2)n1)NC1CC1. The molecule has 1 aromatic heterocycles. The first-order valence-electron chi connectivity index (χ1n) is 6.94. The molecule has 0 spiro atoms. The maximum absolute atomic E-state index is 12.2. The van der Waals surface area contributed by atoms with Gasteiger partial charge in [-0.25, -0.2) is 13.4 Å². The van der Waals surface area contributed by atoms with Crippen molar-refractivity contribution in [3.8, 4) is 0 Å². The van der Waals surface area contributed by atoms with Gasteiger partial charge in [-0.2, -0.15) is 0 Å². The molecule has 1 fully saturated rings. The van der Waals surface area contributed by atoms with Gasteiger partial charge in [0.2, 0.25) is 5.91 Å². The third-order valence-electron chi connectivity index (χ3n) is 3.18. The zero-order valence-corrected chi connectivity index (χ0v) is 14.3. The Hall–Kier alpha value is -1.64. The van der Waals surface area contributed by atoms with Crippen LogP contribution in [0.5, 0.6) is 0 Å². The standard InChI is InChI=1S/C14H14ClN3O3S2/c15-9-1-5-12(6-2-9)23(20,21)18-14-17-11(8-22-14)7-13(19)16-10-3-4-10/h1-2,5-6,8,10H,3-4,7H2,(H,16,19)(H,17,18). The van der Waals surface area contributed by atoms with E-state index in [4.69, 9.17) is 11.6 Å². The number of aromatic nitrogens is 1. The zero-order valence-electron chi connectivity index (χ0n) is 12.0. The molecule has 9 heteroatoms. The van der Waals surface area contributed by atoms with Crippen LogP contribution in [0, 0.1) is 0 Å². The van der Waals surface area contributed by atoms with Crippen LogP contribution < -0.4 is 10.0 Å². The van der Waals surface area contributed by atoms with Crippen LogP contribution in [0.15, 0.2) is 34.5 Å². The quantitative estimate of drug-likeness (QED) is 0.816. The number of thiazole rings is 1. The van der Waals surface area contributed by atoms with Crippen molar-refractivity contribution in [2.45, 2.75) is 30.2 Å². The third-order valence-corrected chi connectivity index (χ3v) is 5.72. The van der Waals surface area contributed by atoms with Crippen molar-refractivity contribution in [1.82, 2.24) is 10.3 Å². The van der Waals surface area contributed by atoms with Crippen LogP contribution in [0.3, 0.4) is 0 Å². The molecule has 2 aromatic rings. The molecule has 1 amide bonds. The summed E-state index contributed by atoms with van der Waals surface area (Å²) in [5.41, 5.74) is 0.543. The minimum absolute atomic E-state index is 0.0927. The summed E-state index contributed by atoms with van der Waals surface area (Å²) in [6.07, 6.45) is 2.19. The number of rotatable bonds is 6. The Morgan fingerprint density at radius 1 is 1.30 bits per heavy atom. The number of nitrogens with one attached hydrogen (secondary N) is 2. The molecule has 3 rings (SSSR count). The Balaban J connectivity index is 1.65. The van der Waals surface area contributed by atoms with Crippen LogP contribution in [-0.2, 0) is 21.2 Å². The smallest absolute Gasteiger partial charge is 0.263 e. The van der Waals surface area contributed by atoms with Gasteiger partial charge >= 0.3 is 0 Å². The van der Waals surface area contributed by atoms with E-state index in [9.17, 15) is 13.2 Å². The summed E-state index contributed by atoms with van der Waals surface area (Å²) in [4.78, 5) is 16.0. The number of carbonyl (C=O) groups excluding carboxylic acids is 1. The van der Waals surface area contributed by atoms with E-state index in [-0.39, 0.29) is 22.4 Å². The molecular formula is C14H14ClN3O3S2. The highest BCUT2D eigenvalue weighted by Gasteiger charge is 2.23. The monoisotopic (exact) mass is 371 g/mol. The fourth-order valence-corrected chi connectivity index (χ4v) is 3.98. The summed E-state index contributed by atoms with van der Waals surface area (Å²) < 4.78 is 26.9. The molecule has 1 aromatic carbocycles. The second kappa shape index (κ2) is 6.46. The molecule has 1 aliphatic carbocycles. The minimum atomic E-state index is -3.72. The van der Waals surface area contributed by atoms with Crippen LogP contribution in [0.4, 0.5) is 5.13 Å². The molecule has 0 saturated heterocycles. The van der Waals surface area contributed by atoms with Gasteiger partial charge in [-0.1, -0.05) is 11.6 Å². The average molecular weight is 372 g/mol. The number of hydrogen-bond donors (Lipinski definition) is 2. The summed E-state index contributed by atoms with van der Waals surface area (Å²) in [7, 11) is -3.72. The first-order valence-corrected chi connectivity index (χ1v) is 9.68. The molecule has 0 aliphatic heterocycles. The number of sulfonamides is 1. The molecule has 23 heavy (non-hydrogen) atoms. The highest BCUT2D eigenvalue weighted by Crippen LogP contribution is 2.22. The highest BCUT2D eigenvalue weighted by atomic mass is 35.5. The van der Waals surface area contributed by atoms with Crippen molar-refractivity contribution >= 4 is 44.0 Å². The van der Waals surface area contributed by atoms with Gasteiger partial charge in [-0.15, -0.1) is 11.3 Å². The molecule has 0 bridgehead atoms. The van der Waals surface area contributed by atoms with E-state index >= 15 is 0 Å². The van der Waals surface area contributed by atoms with Gasteiger partial charge in [-0.3, -0.25) is 9.52 Å². The van der Waals surface area contributed by atoms with E-state index in [0.29, 0.717) is 16.8 Å². The Labute approximate surface area is 142 Å².